The van der Waals surface area contributed by atoms with Crippen LogP contribution in [0.3, 0.4) is 0 Å². The number of unbranched alkanes of at least 4 members (excludes halogenated alkanes) is 26. The Morgan fingerprint density at radius 3 is 0.777 bits per heavy atom. The molecule has 22 heteroatoms. The Kier molecular flexibility index (Phi) is 52.0. The van der Waals surface area contributed by atoms with Gasteiger partial charge >= 0.3 is 5.97 Å². The van der Waals surface area contributed by atoms with Crippen molar-refractivity contribution in [3.8, 4) is 0 Å². The number of piperidine rings is 3. The van der Waals surface area contributed by atoms with Crippen LogP contribution in [0.2, 0.25) is 39.3 Å². The highest BCUT2D eigenvalue weighted by molar-refractivity contribution is 6.73. The largest absolute Gasteiger partial charge is 0.396 e. The molecule has 4 aliphatic heterocycles. The van der Waals surface area contributed by atoms with Crippen molar-refractivity contribution >= 4 is 34.3 Å². The van der Waals surface area contributed by atoms with E-state index in [1.165, 1.54) is 38.5 Å². The normalized spacial score (nSPS) is 17.9. The molecule has 4 heterocycles. The maximum atomic E-state index is 12.2. The Morgan fingerprint density at radius 2 is 0.553 bits per heavy atom. The van der Waals surface area contributed by atoms with Crippen molar-refractivity contribution in [2.24, 2.45) is 0 Å². The molecular formula is C72H144N4O16Si2. The highest BCUT2D eigenvalue weighted by atomic mass is 28.3. The van der Waals surface area contributed by atoms with E-state index in [1.807, 2.05) is 0 Å². The summed E-state index contributed by atoms with van der Waals surface area (Å²) in [5, 5.41) is 53.8. The number of rotatable bonds is 56. The number of hydrogen-bond acceptors (Lipinski definition) is 19. The molecule has 20 nitrogen and oxygen atoms in total. The second-order valence-electron chi connectivity index (χ2n) is 28.9. The number of carbonyl (C=O) groups excluding carboxylic acids is 3. The third kappa shape index (κ3) is 42.5. The number of imide groups is 1. The first-order chi connectivity index (χ1) is 45.4. The van der Waals surface area contributed by atoms with Crippen LogP contribution in [0.5, 0.6) is 0 Å². The van der Waals surface area contributed by atoms with Crippen LogP contribution in [-0.2, 0) is 47.6 Å². The van der Waals surface area contributed by atoms with E-state index in [0.29, 0.717) is 38.0 Å². The number of aliphatic hydroxyl groups is 6. The Hall–Kier alpha value is -1.56. The molecule has 4 aliphatic rings. The van der Waals surface area contributed by atoms with E-state index in [9.17, 15) is 14.4 Å². The second kappa shape index (κ2) is 55.2. The predicted molar refractivity (Wildman–Crippen MR) is 380 cm³/mol. The lowest BCUT2D eigenvalue weighted by Crippen LogP contribution is -2.55. The Bertz CT molecular complexity index is 1730. The second-order valence-corrected chi connectivity index (χ2v) is 38.9. The fourth-order valence-corrected chi connectivity index (χ4v) is 15.7. The van der Waals surface area contributed by atoms with Crippen molar-refractivity contribution in [2.45, 2.75) is 320 Å². The maximum Gasteiger partial charge on any atom is 0.334 e. The van der Waals surface area contributed by atoms with E-state index in [4.69, 9.17) is 63.9 Å². The molecule has 4 fully saturated rings. The minimum absolute atomic E-state index is 0.0910. The SMILES string of the molecule is C[Si](C)(C)N1CCC(OCCCCCCCCO)(OCCCCCCCCO)CC1.C[Si](C)(C)N1CCC(OCCCCCCO)(OCCCCCCO)CC1.O=C(CCN1CCC(OCCCCCCCCO)(OCCCCCCCCO)CC1)ON1C(=O)CCC1=O. The first-order valence-electron chi connectivity index (χ1n) is 38.1. The molecule has 4 rings (SSSR count). The fraction of sp³-hybridized carbons (Fsp3) is 0.958. The van der Waals surface area contributed by atoms with Crippen LogP contribution in [0.25, 0.3) is 0 Å². The van der Waals surface area contributed by atoms with Gasteiger partial charge in [0.1, 0.15) is 16.5 Å². The van der Waals surface area contributed by atoms with Crippen LogP contribution in [0.4, 0.5) is 0 Å². The van der Waals surface area contributed by atoms with Gasteiger partial charge in [-0.25, -0.2) is 4.79 Å². The Morgan fingerprint density at radius 1 is 0.340 bits per heavy atom. The van der Waals surface area contributed by atoms with Crippen molar-refractivity contribution in [3.63, 3.8) is 0 Å². The number of amides is 2. The lowest BCUT2D eigenvalue weighted by molar-refractivity contribution is -0.258. The highest BCUT2D eigenvalue weighted by Gasteiger charge is 2.42. The maximum absolute atomic E-state index is 12.2. The molecule has 0 aromatic carbocycles. The number of carbonyl (C=O) groups is 3. The summed E-state index contributed by atoms with van der Waals surface area (Å²) >= 11 is 0. The van der Waals surface area contributed by atoms with Gasteiger partial charge in [-0.05, 0) is 103 Å². The smallest absolute Gasteiger partial charge is 0.334 e. The molecule has 0 bridgehead atoms. The molecule has 0 saturated carbocycles. The number of aliphatic hydroxyl groups excluding tert-OH is 6. The lowest BCUT2D eigenvalue weighted by atomic mass is 10.0. The minimum atomic E-state index is -1.25. The lowest BCUT2D eigenvalue weighted by Gasteiger charge is -2.45. The molecule has 6 N–H and O–H groups in total. The van der Waals surface area contributed by atoms with Crippen LogP contribution < -0.4 is 0 Å². The third-order valence-electron chi connectivity index (χ3n) is 18.9. The van der Waals surface area contributed by atoms with Gasteiger partial charge in [0.2, 0.25) is 0 Å². The van der Waals surface area contributed by atoms with Gasteiger partial charge in [0, 0.05) is 111 Å². The molecular weight excluding hydrogens is 1230 g/mol. The summed E-state index contributed by atoms with van der Waals surface area (Å²) in [6.45, 7) is 27.0. The van der Waals surface area contributed by atoms with Crippen molar-refractivity contribution in [3.05, 3.63) is 0 Å². The molecule has 0 unspecified atom stereocenters. The summed E-state index contributed by atoms with van der Waals surface area (Å²) in [5.41, 5.74) is 0. The number of hydrogen-bond donors (Lipinski definition) is 6. The van der Waals surface area contributed by atoms with Crippen molar-refractivity contribution in [1.29, 1.82) is 0 Å². The first-order valence-corrected chi connectivity index (χ1v) is 45.0. The fourth-order valence-electron chi connectivity index (χ4n) is 12.6. The standard InChI is InChI=1S/C28H50N2O8.C24H51NO4Si.C20H43NO4Si/c31-21-9-5-1-3-7-11-23-36-28(37-24-12-8-4-2-6-10-22-32)16-19-29(20-17-28)18-15-27(35)38-30-25(33)13-14-26(30)34;1-30(2,3)25-18-16-24(17-19-25,28-22-14-10-6-4-8-12-20-26)29-23-15-11-7-5-9-13-21-27;1-26(2,3)21-14-12-20(13-15-21,24-18-10-6-4-8-16-22)25-19-11-7-5-9-17-23/h31-32H,1-24H2;26-27H,4-23H2,1-3H3;22-23H,4-19H2,1-3H3. The van der Waals surface area contributed by atoms with Gasteiger partial charge in [-0.3, -0.25) is 9.59 Å². The molecule has 4 saturated heterocycles. The Labute approximate surface area is 574 Å². The monoisotopic (exact) mass is 1380 g/mol. The summed E-state index contributed by atoms with van der Waals surface area (Å²) < 4.78 is 43.5. The van der Waals surface area contributed by atoms with E-state index >= 15 is 0 Å². The van der Waals surface area contributed by atoms with Gasteiger partial charge in [0.15, 0.2) is 17.4 Å². The summed E-state index contributed by atoms with van der Waals surface area (Å²) in [4.78, 5) is 42.6. The van der Waals surface area contributed by atoms with E-state index in [1.54, 1.807) is 0 Å². The number of likely N-dealkylation sites (tertiary alicyclic amines) is 1. The molecule has 0 aromatic heterocycles. The summed E-state index contributed by atoms with van der Waals surface area (Å²) in [6.07, 6.45) is 40.1. The molecule has 0 aromatic rings. The molecule has 0 spiro atoms. The van der Waals surface area contributed by atoms with Crippen molar-refractivity contribution in [2.75, 3.05) is 125 Å². The number of nitrogens with zero attached hydrogens (tertiary/aromatic N) is 4. The molecule has 0 aliphatic carbocycles. The molecule has 2 amide bonds. The van der Waals surface area contributed by atoms with E-state index < -0.39 is 45.8 Å². The third-order valence-corrected chi connectivity index (χ3v) is 23.6. The molecule has 0 radical (unpaired) electrons. The van der Waals surface area contributed by atoms with Crippen LogP contribution in [0, 0.1) is 0 Å². The zero-order valence-electron chi connectivity index (χ0n) is 61.0. The molecule has 0 atom stereocenters. The van der Waals surface area contributed by atoms with Gasteiger partial charge < -0.3 is 77.9 Å². The Balaban J connectivity index is 0.000000490. The van der Waals surface area contributed by atoms with Gasteiger partial charge in [0.05, 0.1) is 46.1 Å². The van der Waals surface area contributed by atoms with E-state index in [2.05, 4.69) is 53.3 Å². The summed E-state index contributed by atoms with van der Waals surface area (Å²) in [6, 6.07) is 0. The van der Waals surface area contributed by atoms with Crippen molar-refractivity contribution < 1.29 is 78.3 Å². The average Bonchev–Trinajstić information content (AvgIpc) is 1.38. The van der Waals surface area contributed by atoms with Gasteiger partial charge in [-0.15, -0.1) is 5.06 Å². The quantitative estimate of drug-likeness (QED) is 0.0143. The average molecular weight is 1380 g/mol. The topological polar surface area (TPSA) is 250 Å². The number of ether oxygens (including phenoxy) is 6. The van der Waals surface area contributed by atoms with E-state index in [0.717, 1.165) is 271 Å². The summed E-state index contributed by atoms with van der Waals surface area (Å²) in [7, 11) is -2.50. The van der Waals surface area contributed by atoms with Gasteiger partial charge in [-0.1, -0.05) is 168 Å². The highest BCUT2D eigenvalue weighted by Crippen LogP contribution is 2.34. The van der Waals surface area contributed by atoms with Crippen LogP contribution >= 0.6 is 0 Å². The molecule has 94 heavy (non-hydrogen) atoms. The zero-order chi connectivity index (χ0) is 68.9. The van der Waals surface area contributed by atoms with Gasteiger partial charge in [0.25, 0.3) is 11.8 Å². The number of hydroxylamine groups is 2. The zero-order valence-corrected chi connectivity index (χ0v) is 63.0. The van der Waals surface area contributed by atoms with E-state index in [-0.39, 0.29) is 51.5 Å². The first kappa shape index (κ1) is 88.5. The van der Waals surface area contributed by atoms with Gasteiger partial charge in [-0.2, -0.15) is 0 Å². The molecule has 556 valence electrons. The summed E-state index contributed by atoms with van der Waals surface area (Å²) in [5.74, 6) is -2.87. The minimum Gasteiger partial charge on any atom is -0.396 e. The van der Waals surface area contributed by atoms with Crippen LogP contribution in [0.1, 0.15) is 263 Å². The van der Waals surface area contributed by atoms with Crippen molar-refractivity contribution in [1.82, 2.24) is 19.1 Å². The predicted octanol–water partition coefficient (Wildman–Crippen LogP) is 12.5. The van der Waals surface area contributed by atoms with Crippen LogP contribution in [-0.4, -0.2) is 226 Å². The van der Waals surface area contributed by atoms with Crippen LogP contribution in [0.15, 0.2) is 0 Å².